The zero-order valence-electron chi connectivity index (χ0n) is 9.02. The van der Waals surface area contributed by atoms with Gasteiger partial charge in [-0.25, -0.2) is 14.4 Å². The van der Waals surface area contributed by atoms with E-state index in [1.165, 1.54) is 24.4 Å². The fourth-order valence-corrected chi connectivity index (χ4v) is 1.46. The summed E-state index contributed by atoms with van der Waals surface area (Å²) in [5.41, 5.74) is 5.79. The largest absolute Gasteiger partial charge is 0.398 e. The molecule has 0 aliphatic heterocycles. The van der Waals surface area contributed by atoms with Crippen LogP contribution in [0.3, 0.4) is 0 Å². The molecule has 3 N–H and O–H groups in total. The molecule has 1 aromatic heterocycles. The van der Waals surface area contributed by atoms with Crippen LogP contribution in [-0.4, -0.2) is 15.9 Å². The quantitative estimate of drug-likeness (QED) is 0.644. The zero-order chi connectivity index (χ0) is 13.1. The number of anilines is 2. The molecule has 0 aliphatic rings. The first-order valence-electron chi connectivity index (χ1n) is 4.91. The van der Waals surface area contributed by atoms with E-state index in [-0.39, 0.29) is 22.4 Å². The van der Waals surface area contributed by atoms with Gasteiger partial charge < -0.3 is 11.1 Å². The number of benzene rings is 1. The first-order chi connectivity index (χ1) is 8.56. The van der Waals surface area contributed by atoms with Crippen molar-refractivity contribution in [3.05, 3.63) is 47.1 Å². The molecule has 0 atom stereocenters. The van der Waals surface area contributed by atoms with E-state index in [4.69, 9.17) is 17.3 Å². The Balaban J connectivity index is 2.24. The number of carbonyl (C=O) groups excluding carboxylic acids is 1. The predicted octanol–water partition coefficient (Wildman–Crippen LogP) is 2.10. The van der Waals surface area contributed by atoms with Crippen molar-refractivity contribution >= 4 is 29.0 Å². The number of nitrogens with two attached hydrogens (primary N) is 1. The minimum absolute atomic E-state index is 0.0000131. The monoisotopic (exact) mass is 266 g/mol. The molecule has 0 spiro atoms. The first kappa shape index (κ1) is 12.3. The van der Waals surface area contributed by atoms with E-state index >= 15 is 0 Å². The van der Waals surface area contributed by atoms with Crippen molar-refractivity contribution in [1.82, 2.24) is 9.97 Å². The first-order valence-corrected chi connectivity index (χ1v) is 5.29. The van der Waals surface area contributed by atoms with Gasteiger partial charge in [-0.3, -0.25) is 4.79 Å². The summed E-state index contributed by atoms with van der Waals surface area (Å²) in [5, 5.41) is 2.45. The molecule has 0 fully saturated rings. The molecule has 0 saturated heterocycles. The van der Waals surface area contributed by atoms with E-state index in [2.05, 4.69) is 15.3 Å². The molecule has 1 amide bonds. The molecular formula is C11H8ClFN4O. The lowest BCUT2D eigenvalue weighted by Gasteiger charge is -2.06. The molecule has 0 unspecified atom stereocenters. The molecule has 5 nitrogen and oxygen atoms in total. The summed E-state index contributed by atoms with van der Waals surface area (Å²) in [6, 6.07) is 5.00. The Morgan fingerprint density at radius 2 is 2.17 bits per heavy atom. The van der Waals surface area contributed by atoms with Crippen LogP contribution in [0.1, 0.15) is 10.4 Å². The number of nitrogen functional groups attached to an aromatic ring is 1. The summed E-state index contributed by atoms with van der Waals surface area (Å²) >= 11 is 5.57. The van der Waals surface area contributed by atoms with Gasteiger partial charge in [0, 0.05) is 11.9 Å². The van der Waals surface area contributed by atoms with Gasteiger partial charge in [0.15, 0.2) is 0 Å². The Labute approximate surface area is 107 Å². The van der Waals surface area contributed by atoms with Gasteiger partial charge >= 0.3 is 0 Å². The topological polar surface area (TPSA) is 80.9 Å². The van der Waals surface area contributed by atoms with Gasteiger partial charge in [0.25, 0.3) is 5.91 Å². The Hall–Kier alpha value is -2.21. The third kappa shape index (κ3) is 2.72. The van der Waals surface area contributed by atoms with Crippen LogP contribution >= 0.6 is 11.6 Å². The molecule has 2 rings (SSSR count). The lowest BCUT2D eigenvalue weighted by molar-refractivity contribution is 0.102. The number of halogens is 2. The Morgan fingerprint density at radius 3 is 2.89 bits per heavy atom. The van der Waals surface area contributed by atoms with E-state index in [0.29, 0.717) is 0 Å². The average Bonchev–Trinajstić information content (AvgIpc) is 2.32. The SMILES string of the molecule is Nc1ccc(F)cc1C(=O)Nc1ccnc(Cl)n1. The van der Waals surface area contributed by atoms with Gasteiger partial charge in [-0.2, -0.15) is 0 Å². The van der Waals surface area contributed by atoms with Crippen LogP contribution in [0.4, 0.5) is 15.9 Å². The molecule has 0 bridgehead atoms. The van der Waals surface area contributed by atoms with Crippen molar-refractivity contribution in [3.8, 4) is 0 Å². The van der Waals surface area contributed by atoms with Crippen LogP contribution in [0, 0.1) is 5.82 Å². The standard InChI is InChI=1S/C11H8ClFN4O/c12-11-15-4-3-9(17-11)16-10(18)7-5-6(13)1-2-8(7)14/h1-5H,14H2,(H,15,16,17,18). The number of nitrogens with zero attached hydrogens (tertiary/aromatic N) is 2. The maximum atomic E-state index is 13.0. The number of aromatic nitrogens is 2. The lowest BCUT2D eigenvalue weighted by atomic mass is 10.1. The molecule has 2 aromatic rings. The van der Waals surface area contributed by atoms with Gasteiger partial charge in [0.05, 0.1) is 5.56 Å². The third-order valence-electron chi connectivity index (χ3n) is 2.13. The van der Waals surface area contributed by atoms with Crippen LogP contribution in [-0.2, 0) is 0 Å². The molecule has 7 heteroatoms. The number of amides is 1. The van der Waals surface area contributed by atoms with Crippen LogP contribution in [0.15, 0.2) is 30.5 Å². The minimum atomic E-state index is -0.568. The lowest BCUT2D eigenvalue weighted by Crippen LogP contribution is -2.15. The molecule has 0 aliphatic carbocycles. The minimum Gasteiger partial charge on any atom is -0.398 e. The maximum Gasteiger partial charge on any atom is 0.259 e. The summed E-state index contributed by atoms with van der Waals surface area (Å²) in [6.45, 7) is 0. The van der Waals surface area contributed by atoms with Crippen LogP contribution in [0.5, 0.6) is 0 Å². The smallest absolute Gasteiger partial charge is 0.259 e. The van der Waals surface area contributed by atoms with Crippen LogP contribution < -0.4 is 11.1 Å². The van der Waals surface area contributed by atoms with Crippen molar-refractivity contribution in [2.45, 2.75) is 0 Å². The van der Waals surface area contributed by atoms with E-state index < -0.39 is 11.7 Å². The summed E-state index contributed by atoms with van der Waals surface area (Å²) in [4.78, 5) is 19.3. The Kier molecular flexibility index (Phi) is 3.38. The van der Waals surface area contributed by atoms with E-state index in [1.54, 1.807) is 0 Å². The molecule has 0 saturated carbocycles. The van der Waals surface area contributed by atoms with Crippen LogP contribution in [0.2, 0.25) is 5.28 Å². The van der Waals surface area contributed by atoms with Crippen molar-refractivity contribution in [1.29, 1.82) is 0 Å². The summed E-state index contributed by atoms with van der Waals surface area (Å²) in [5.74, 6) is -0.902. The highest BCUT2D eigenvalue weighted by Gasteiger charge is 2.11. The zero-order valence-corrected chi connectivity index (χ0v) is 9.78. The number of rotatable bonds is 2. The maximum absolute atomic E-state index is 13.0. The van der Waals surface area contributed by atoms with Crippen molar-refractivity contribution in [2.75, 3.05) is 11.1 Å². The molecule has 0 radical (unpaired) electrons. The van der Waals surface area contributed by atoms with Gasteiger partial charge in [0.2, 0.25) is 5.28 Å². The molecule has 92 valence electrons. The normalized spacial score (nSPS) is 10.1. The second-order valence-corrected chi connectivity index (χ2v) is 3.73. The summed E-state index contributed by atoms with van der Waals surface area (Å²) in [6.07, 6.45) is 1.39. The fourth-order valence-electron chi connectivity index (χ4n) is 1.31. The highest BCUT2D eigenvalue weighted by Crippen LogP contribution is 2.15. The van der Waals surface area contributed by atoms with E-state index in [1.807, 2.05) is 0 Å². The van der Waals surface area contributed by atoms with Gasteiger partial charge in [-0.05, 0) is 35.9 Å². The molecular weight excluding hydrogens is 259 g/mol. The summed E-state index contributed by atoms with van der Waals surface area (Å²) in [7, 11) is 0. The highest BCUT2D eigenvalue weighted by atomic mass is 35.5. The van der Waals surface area contributed by atoms with Gasteiger partial charge in [-0.15, -0.1) is 0 Å². The third-order valence-corrected chi connectivity index (χ3v) is 2.31. The van der Waals surface area contributed by atoms with Gasteiger partial charge in [-0.1, -0.05) is 0 Å². The Bertz CT molecular complexity index is 605. The predicted molar refractivity (Wildman–Crippen MR) is 65.8 cm³/mol. The average molecular weight is 267 g/mol. The second-order valence-electron chi connectivity index (χ2n) is 3.40. The molecule has 1 aromatic carbocycles. The number of hydrogen-bond donors (Lipinski definition) is 2. The van der Waals surface area contributed by atoms with Crippen molar-refractivity contribution in [2.24, 2.45) is 0 Å². The Morgan fingerprint density at radius 1 is 1.39 bits per heavy atom. The fraction of sp³-hybridized carbons (Fsp3) is 0. The number of nitrogens with one attached hydrogen (secondary N) is 1. The second kappa shape index (κ2) is 4.97. The van der Waals surface area contributed by atoms with Crippen molar-refractivity contribution in [3.63, 3.8) is 0 Å². The van der Waals surface area contributed by atoms with Gasteiger partial charge in [0.1, 0.15) is 11.6 Å². The van der Waals surface area contributed by atoms with Crippen LogP contribution in [0.25, 0.3) is 0 Å². The van der Waals surface area contributed by atoms with E-state index in [0.717, 1.165) is 6.07 Å². The highest BCUT2D eigenvalue weighted by molar-refractivity contribution is 6.28. The molecule has 1 heterocycles. The summed E-state index contributed by atoms with van der Waals surface area (Å²) < 4.78 is 13.0. The number of hydrogen-bond acceptors (Lipinski definition) is 4. The van der Waals surface area contributed by atoms with E-state index in [9.17, 15) is 9.18 Å². The molecule has 18 heavy (non-hydrogen) atoms. The van der Waals surface area contributed by atoms with Crippen molar-refractivity contribution < 1.29 is 9.18 Å². The number of carbonyl (C=O) groups is 1.